The fourth-order valence-electron chi connectivity index (χ4n) is 0.826. The van der Waals surface area contributed by atoms with Crippen molar-refractivity contribution in [2.24, 2.45) is 5.92 Å². The van der Waals surface area contributed by atoms with Gasteiger partial charge in [-0.25, -0.2) is 0 Å². The molecule has 0 fully saturated rings. The van der Waals surface area contributed by atoms with Crippen molar-refractivity contribution in [1.29, 1.82) is 0 Å². The third-order valence-electron chi connectivity index (χ3n) is 1.21. The molecule has 0 aromatic rings. The van der Waals surface area contributed by atoms with E-state index in [2.05, 4.69) is 0 Å². The standard InChI is InChI=1S/C6H15O3P/c1-6(2)3-10(9,4-7)5-8/h6-8H,3-5H2,1-2H3. The van der Waals surface area contributed by atoms with Gasteiger partial charge in [0, 0.05) is 6.16 Å². The summed E-state index contributed by atoms with van der Waals surface area (Å²) in [5, 5.41) is 17.2. The molecule has 10 heavy (non-hydrogen) atoms. The maximum atomic E-state index is 11.3. The molecule has 0 rings (SSSR count). The topological polar surface area (TPSA) is 57.5 Å². The molecule has 0 aliphatic rings. The molecule has 0 aromatic carbocycles. The highest BCUT2D eigenvalue weighted by Gasteiger charge is 2.20. The van der Waals surface area contributed by atoms with Gasteiger partial charge in [-0.1, -0.05) is 13.8 Å². The first-order valence-electron chi connectivity index (χ1n) is 3.33. The van der Waals surface area contributed by atoms with Gasteiger partial charge in [0.1, 0.15) is 7.14 Å². The molecule has 0 heterocycles. The SMILES string of the molecule is CC(C)CP(=O)(CO)CO. The molecule has 0 aromatic heterocycles. The minimum Gasteiger partial charge on any atom is -0.389 e. The summed E-state index contributed by atoms with van der Waals surface area (Å²) in [6, 6.07) is 0. The smallest absolute Gasteiger partial charge is 0.136 e. The highest BCUT2D eigenvalue weighted by Crippen LogP contribution is 2.44. The van der Waals surface area contributed by atoms with E-state index in [0.717, 1.165) is 0 Å². The molecule has 4 heteroatoms. The second-order valence-corrected chi connectivity index (χ2v) is 5.96. The lowest BCUT2D eigenvalue weighted by atomic mass is 10.3. The van der Waals surface area contributed by atoms with Crippen LogP contribution in [0.4, 0.5) is 0 Å². The second kappa shape index (κ2) is 4.12. The minimum atomic E-state index is -2.63. The Labute approximate surface area is 61.4 Å². The van der Waals surface area contributed by atoms with E-state index < -0.39 is 7.14 Å². The van der Waals surface area contributed by atoms with Crippen molar-refractivity contribution in [3.05, 3.63) is 0 Å². The van der Waals surface area contributed by atoms with E-state index in [-0.39, 0.29) is 18.6 Å². The quantitative estimate of drug-likeness (QED) is 0.610. The van der Waals surface area contributed by atoms with Gasteiger partial charge >= 0.3 is 0 Å². The first-order chi connectivity index (χ1) is 4.54. The van der Waals surface area contributed by atoms with E-state index in [9.17, 15) is 4.57 Å². The van der Waals surface area contributed by atoms with Crippen molar-refractivity contribution < 1.29 is 14.8 Å². The lowest BCUT2D eigenvalue weighted by Gasteiger charge is -2.13. The highest BCUT2D eigenvalue weighted by molar-refractivity contribution is 7.63. The Morgan fingerprint density at radius 3 is 1.80 bits per heavy atom. The summed E-state index contributed by atoms with van der Waals surface area (Å²) < 4.78 is 11.3. The summed E-state index contributed by atoms with van der Waals surface area (Å²) in [6.07, 6.45) is -0.316. The van der Waals surface area contributed by atoms with Gasteiger partial charge in [-0.3, -0.25) is 0 Å². The molecule has 0 amide bonds. The molecule has 0 atom stereocenters. The average molecular weight is 166 g/mol. The van der Waals surface area contributed by atoms with Crippen LogP contribution in [-0.2, 0) is 4.57 Å². The Morgan fingerprint density at radius 2 is 1.70 bits per heavy atom. The van der Waals surface area contributed by atoms with Gasteiger partial charge in [-0.15, -0.1) is 0 Å². The molecule has 0 spiro atoms. The molecule has 0 radical (unpaired) electrons. The van der Waals surface area contributed by atoms with Crippen LogP contribution in [0.2, 0.25) is 0 Å². The van der Waals surface area contributed by atoms with Gasteiger partial charge in [0.25, 0.3) is 0 Å². The first-order valence-corrected chi connectivity index (χ1v) is 5.59. The van der Waals surface area contributed by atoms with Gasteiger partial charge in [-0.05, 0) is 5.92 Å². The molecule has 0 bridgehead atoms. The van der Waals surface area contributed by atoms with Crippen LogP contribution >= 0.6 is 7.14 Å². The third-order valence-corrected chi connectivity index (χ3v) is 3.64. The Morgan fingerprint density at radius 1 is 1.30 bits per heavy atom. The number of hydrogen-bond donors (Lipinski definition) is 2. The monoisotopic (exact) mass is 166 g/mol. The van der Waals surface area contributed by atoms with E-state index in [0.29, 0.717) is 6.16 Å². The van der Waals surface area contributed by atoms with Crippen LogP contribution in [0.5, 0.6) is 0 Å². The summed E-state index contributed by atoms with van der Waals surface area (Å²) in [5.41, 5.74) is 0. The Bertz CT molecular complexity index is 125. The molecular weight excluding hydrogens is 151 g/mol. The number of rotatable bonds is 4. The largest absolute Gasteiger partial charge is 0.389 e. The lowest BCUT2D eigenvalue weighted by molar-refractivity contribution is 0.323. The molecule has 0 saturated heterocycles. The van der Waals surface area contributed by atoms with E-state index >= 15 is 0 Å². The van der Waals surface area contributed by atoms with Crippen molar-refractivity contribution in [2.45, 2.75) is 13.8 Å². The lowest BCUT2D eigenvalue weighted by Crippen LogP contribution is -2.04. The van der Waals surface area contributed by atoms with Crippen LogP contribution in [0.15, 0.2) is 0 Å². The van der Waals surface area contributed by atoms with Crippen LogP contribution in [0.1, 0.15) is 13.8 Å². The summed E-state index contributed by atoms with van der Waals surface area (Å²) in [5.74, 6) is 0.269. The predicted octanol–water partition coefficient (Wildman–Crippen LogP) is 0.905. The first kappa shape index (κ1) is 10.2. The van der Waals surface area contributed by atoms with Crippen LogP contribution in [0, 0.1) is 5.92 Å². The van der Waals surface area contributed by atoms with E-state index in [1.165, 1.54) is 0 Å². The van der Waals surface area contributed by atoms with E-state index in [1.54, 1.807) is 0 Å². The molecule has 0 aliphatic heterocycles. The van der Waals surface area contributed by atoms with Crippen molar-refractivity contribution >= 4 is 7.14 Å². The van der Waals surface area contributed by atoms with Crippen molar-refractivity contribution in [3.8, 4) is 0 Å². The zero-order valence-corrected chi connectivity index (χ0v) is 7.34. The zero-order chi connectivity index (χ0) is 8.20. The van der Waals surface area contributed by atoms with Crippen molar-refractivity contribution in [1.82, 2.24) is 0 Å². The molecule has 62 valence electrons. The normalized spacial score (nSPS) is 12.5. The second-order valence-electron chi connectivity index (χ2n) is 2.92. The highest BCUT2D eigenvalue weighted by atomic mass is 31.2. The number of aliphatic hydroxyl groups excluding tert-OH is 2. The van der Waals surface area contributed by atoms with Crippen LogP contribution in [-0.4, -0.2) is 29.1 Å². The van der Waals surface area contributed by atoms with Gasteiger partial charge in [-0.2, -0.15) is 0 Å². The Kier molecular flexibility index (Phi) is 4.18. The maximum Gasteiger partial charge on any atom is 0.136 e. The van der Waals surface area contributed by atoms with E-state index in [1.807, 2.05) is 13.8 Å². The summed E-state index contributed by atoms with van der Waals surface area (Å²) in [4.78, 5) is 0. The summed E-state index contributed by atoms with van der Waals surface area (Å²) >= 11 is 0. The molecule has 0 unspecified atom stereocenters. The molecular formula is C6H15O3P. The van der Waals surface area contributed by atoms with Gasteiger partial charge in [0.15, 0.2) is 0 Å². The van der Waals surface area contributed by atoms with Crippen molar-refractivity contribution in [2.75, 3.05) is 18.9 Å². The Balaban J connectivity index is 3.94. The fraction of sp³-hybridized carbons (Fsp3) is 1.00. The third kappa shape index (κ3) is 3.35. The predicted molar refractivity (Wildman–Crippen MR) is 41.5 cm³/mol. The molecule has 0 saturated carbocycles. The Hall–Kier alpha value is 0.150. The average Bonchev–Trinajstić information content (AvgIpc) is 1.87. The fourth-order valence-corrected chi connectivity index (χ4v) is 2.48. The summed E-state index contributed by atoms with van der Waals surface area (Å²) in [7, 11) is -2.63. The number of aliphatic hydroxyl groups is 2. The molecule has 2 N–H and O–H groups in total. The van der Waals surface area contributed by atoms with Crippen LogP contribution in [0.25, 0.3) is 0 Å². The summed E-state index contributed by atoms with van der Waals surface area (Å²) in [6.45, 7) is 3.83. The van der Waals surface area contributed by atoms with Gasteiger partial charge < -0.3 is 14.8 Å². The molecule has 0 aliphatic carbocycles. The van der Waals surface area contributed by atoms with Crippen LogP contribution < -0.4 is 0 Å². The van der Waals surface area contributed by atoms with E-state index in [4.69, 9.17) is 10.2 Å². The zero-order valence-electron chi connectivity index (χ0n) is 6.45. The van der Waals surface area contributed by atoms with Gasteiger partial charge in [0.2, 0.25) is 0 Å². The van der Waals surface area contributed by atoms with Crippen molar-refractivity contribution in [3.63, 3.8) is 0 Å². The molecule has 3 nitrogen and oxygen atoms in total. The number of hydrogen-bond acceptors (Lipinski definition) is 3. The van der Waals surface area contributed by atoms with Gasteiger partial charge in [0.05, 0.1) is 12.7 Å². The minimum absolute atomic E-state index is 0.269. The van der Waals surface area contributed by atoms with Crippen LogP contribution in [0.3, 0.4) is 0 Å². The maximum absolute atomic E-state index is 11.3.